The molecule has 23 heavy (non-hydrogen) atoms. The van der Waals surface area contributed by atoms with E-state index in [9.17, 15) is 4.79 Å². The minimum absolute atomic E-state index is 0.263. The Balaban J connectivity index is 1.74. The number of aromatic amines is 1. The number of methoxy groups -OCH3 is 1. The van der Waals surface area contributed by atoms with Gasteiger partial charge in [-0.05, 0) is 47.9 Å². The standard InChI is InChI=1S/C16H14N4O2S/c1-22-12-6-4-11(5-7-12)17-16-18-15(21)14(19-20-16)9-8-13-3-2-10-23-13/h2-10H,1H3,(H2,17,18,20,21)/b9-8+. The predicted molar refractivity (Wildman–Crippen MR) is 92.2 cm³/mol. The second kappa shape index (κ2) is 6.89. The summed E-state index contributed by atoms with van der Waals surface area (Å²) in [7, 11) is 1.60. The van der Waals surface area contributed by atoms with E-state index in [1.165, 1.54) is 0 Å². The molecular formula is C16H14N4O2S. The summed E-state index contributed by atoms with van der Waals surface area (Å²) in [5.74, 6) is 1.04. The van der Waals surface area contributed by atoms with Gasteiger partial charge in [0.25, 0.3) is 5.56 Å². The predicted octanol–water partition coefficient (Wildman–Crippen LogP) is 3.15. The van der Waals surface area contributed by atoms with Crippen LogP contribution in [0.15, 0.2) is 46.6 Å². The van der Waals surface area contributed by atoms with Crippen LogP contribution in [0.2, 0.25) is 0 Å². The molecule has 0 spiro atoms. The van der Waals surface area contributed by atoms with Gasteiger partial charge in [-0.3, -0.25) is 9.78 Å². The molecule has 1 aromatic carbocycles. The first-order valence-electron chi connectivity index (χ1n) is 6.84. The maximum absolute atomic E-state index is 12.0. The van der Waals surface area contributed by atoms with Crippen LogP contribution in [0.3, 0.4) is 0 Å². The topological polar surface area (TPSA) is 79.9 Å². The first-order chi connectivity index (χ1) is 11.2. The van der Waals surface area contributed by atoms with Crippen molar-refractivity contribution in [3.05, 3.63) is 62.7 Å². The van der Waals surface area contributed by atoms with Crippen molar-refractivity contribution in [3.63, 3.8) is 0 Å². The Morgan fingerprint density at radius 2 is 2.00 bits per heavy atom. The molecule has 3 aromatic rings. The molecule has 0 saturated heterocycles. The van der Waals surface area contributed by atoms with Crippen molar-refractivity contribution < 1.29 is 4.74 Å². The molecule has 0 fully saturated rings. The van der Waals surface area contributed by atoms with E-state index in [2.05, 4.69) is 20.5 Å². The lowest BCUT2D eigenvalue weighted by Crippen LogP contribution is -2.15. The first-order valence-corrected chi connectivity index (χ1v) is 7.72. The van der Waals surface area contributed by atoms with Crippen molar-refractivity contribution in [3.8, 4) is 5.75 Å². The fraction of sp³-hybridized carbons (Fsp3) is 0.0625. The van der Waals surface area contributed by atoms with E-state index in [1.54, 1.807) is 24.5 Å². The van der Waals surface area contributed by atoms with Gasteiger partial charge in [-0.1, -0.05) is 6.07 Å². The smallest absolute Gasteiger partial charge is 0.278 e. The first kappa shape index (κ1) is 15.0. The number of nitrogens with zero attached hydrogens (tertiary/aromatic N) is 2. The molecule has 0 unspecified atom stereocenters. The van der Waals surface area contributed by atoms with Gasteiger partial charge in [-0.25, -0.2) is 0 Å². The quantitative estimate of drug-likeness (QED) is 0.753. The average molecular weight is 326 g/mol. The van der Waals surface area contributed by atoms with Gasteiger partial charge >= 0.3 is 0 Å². The normalized spacial score (nSPS) is 10.8. The molecule has 0 atom stereocenters. The van der Waals surface area contributed by atoms with Gasteiger partial charge in [-0.2, -0.15) is 0 Å². The SMILES string of the molecule is COc1ccc(Nc2nnc(/C=C/c3cccs3)c(=O)[nH]2)cc1. The number of thiophene rings is 1. The van der Waals surface area contributed by atoms with Crippen LogP contribution in [0.25, 0.3) is 12.2 Å². The van der Waals surface area contributed by atoms with Gasteiger partial charge in [0, 0.05) is 10.6 Å². The highest BCUT2D eigenvalue weighted by Crippen LogP contribution is 2.17. The molecule has 0 radical (unpaired) electrons. The minimum atomic E-state index is -0.302. The summed E-state index contributed by atoms with van der Waals surface area (Å²) in [6.45, 7) is 0. The Hall–Kier alpha value is -2.93. The van der Waals surface area contributed by atoms with Crippen molar-refractivity contribution in [2.24, 2.45) is 0 Å². The second-order valence-corrected chi connectivity index (χ2v) is 5.57. The Morgan fingerprint density at radius 1 is 1.17 bits per heavy atom. The molecule has 0 saturated carbocycles. The van der Waals surface area contributed by atoms with Gasteiger partial charge in [0.1, 0.15) is 5.75 Å². The average Bonchev–Trinajstić information content (AvgIpc) is 3.08. The highest BCUT2D eigenvalue weighted by atomic mass is 32.1. The van der Waals surface area contributed by atoms with Crippen LogP contribution in [0.4, 0.5) is 11.6 Å². The Kier molecular flexibility index (Phi) is 4.49. The van der Waals surface area contributed by atoms with E-state index < -0.39 is 0 Å². The lowest BCUT2D eigenvalue weighted by Gasteiger charge is -2.05. The van der Waals surface area contributed by atoms with Crippen LogP contribution in [0.1, 0.15) is 10.6 Å². The van der Waals surface area contributed by atoms with Crippen molar-refractivity contribution >= 4 is 35.1 Å². The van der Waals surface area contributed by atoms with E-state index >= 15 is 0 Å². The number of benzene rings is 1. The summed E-state index contributed by atoms with van der Waals surface area (Å²) < 4.78 is 5.09. The Labute approximate surface area is 136 Å². The summed E-state index contributed by atoms with van der Waals surface area (Å²) in [6, 6.07) is 11.2. The second-order valence-electron chi connectivity index (χ2n) is 4.59. The third-order valence-corrected chi connectivity index (χ3v) is 3.86. The van der Waals surface area contributed by atoms with Gasteiger partial charge in [0.15, 0.2) is 5.69 Å². The summed E-state index contributed by atoms with van der Waals surface area (Å²) in [5, 5.41) is 12.9. The van der Waals surface area contributed by atoms with E-state index in [1.807, 2.05) is 47.9 Å². The Morgan fingerprint density at radius 3 is 2.65 bits per heavy atom. The molecular weight excluding hydrogens is 312 g/mol. The molecule has 3 rings (SSSR count). The Bertz CT molecular complexity index is 855. The molecule has 7 heteroatoms. The van der Waals surface area contributed by atoms with Crippen LogP contribution in [0.5, 0.6) is 5.75 Å². The fourth-order valence-electron chi connectivity index (χ4n) is 1.87. The number of anilines is 2. The van der Waals surface area contributed by atoms with Gasteiger partial charge < -0.3 is 10.1 Å². The molecule has 2 aromatic heterocycles. The highest BCUT2D eigenvalue weighted by Gasteiger charge is 2.03. The summed E-state index contributed by atoms with van der Waals surface area (Å²) >= 11 is 1.59. The molecule has 2 heterocycles. The zero-order valence-electron chi connectivity index (χ0n) is 12.3. The van der Waals surface area contributed by atoms with Crippen LogP contribution in [0, 0.1) is 0 Å². The molecule has 2 N–H and O–H groups in total. The molecule has 6 nitrogen and oxygen atoms in total. The molecule has 0 aliphatic rings. The molecule has 0 amide bonds. The van der Waals surface area contributed by atoms with Gasteiger partial charge in [0.2, 0.25) is 5.95 Å². The van der Waals surface area contributed by atoms with Gasteiger partial charge in [-0.15, -0.1) is 21.5 Å². The van der Waals surface area contributed by atoms with Crippen molar-refractivity contribution in [2.45, 2.75) is 0 Å². The lowest BCUT2D eigenvalue weighted by atomic mass is 10.3. The third kappa shape index (κ3) is 3.83. The zero-order valence-corrected chi connectivity index (χ0v) is 13.1. The number of nitrogens with one attached hydrogen (secondary N) is 2. The zero-order chi connectivity index (χ0) is 16.1. The summed E-state index contributed by atoms with van der Waals surface area (Å²) in [5.41, 5.74) is 0.736. The van der Waals surface area contributed by atoms with Crippen LogP contribution in [-0.2, 0) is 0 Å². The van der Waals surface area contributed by atoms with Crippen molar-refractivity contribution in [1.29, 1.82) is 0 Å². The van der Waals surface area contributed by atoms with Crippen LogP contribution >= 0.6 is 11.3 Å². The van der Waals surface area contributed by atoms with E-state index in [0.29, 0.717) is 0 Å². The lowest BCUT2D eigenvalue weighted by molar-refractivity contribution is 0.415. The highest BCUT2D eigenvalue weighted by molar-refractivity contribution is 7.10. The summed E-state index contributed by atoms with van der Waals surface area (Å²) in [4.78, 5) is 15.7. The monoisotopic (exact) mass is 326 g/mol. The number of H-pyrrole nitrogens is 1. The minimum Gasteiger partial charge on any atom is -0.497 e. The number of hydrogen-bond acceptors (Lipinski definition) is 6. The molecule has 0 aliphatic heterocycles. The molecule has 0 bridgehead atoms. The van der Waals surface area contributed by atoms with E-state index in [4.69, 9.17) is 4.74 Å². The number of ether oxygens (including phenoxy) is 1. The van der Waals surface area contributed by atoms with E-state index in [0.717, 1.165) is 16.3 Å². The maximum Gasteiger partial charge on any atom is 0.278 e. The number of aromatic nitrogens is 3. The van der Waals surface area contributed by atoms with Crippen LogP contribution in [-0.4, -0.2) is 22.3 Å². The van der Waals surface area contributed by atoms with Crippen molar-refractivity contribution in [2.75, 3.05) is 12.4 Å². The van der Waals surface area contributed by atoms with Crippen LogP contribution < -0.4 is 15.6 Å². The number of hydrogen-bond donors (Lipinski definition) is 2. The third-order valence-electron chi connectivity index (χ3n) is 3.02. The fourth-order valence-corrected chi connectivity index (χ4v) is 2.49. The maximum atomic E-state index is 12.0. The van der Waals surface area contributed by atoms with Gasteiger partial charge in [0.05, 0.1) is 7.11 Å². The summed E-state index contributed by atoms with van der Waals surface area (Å²) in [6.07, 6.45) is 3.48. The molecule has 116 valence electrons. The largest absolute Gasteiger partial charge is 0.497 e. The molecule has 0 aliphatic carbocycles. The number of rotatable bonds is 5. The van der Waals surface area contributed by atoms with Crippen molar-refractivity contribution in [1.82, 2.24) is 15.2 Å². The van der Waals surface area contributed by atoms with E-state index in [-0.39, 0.29) is 17.2 Å².